The molecular weight excluding hydrogens is 474 g/mol. The van der Waals surface area contributed by atoms with Crippen LogP contribution in [0.25, 0.3) is 17.3 Å². The molecule has 36 heavy (non-hydrogen) atoms. The molecular formula is C27H25N5O3S. The van der Waals surface area contributed by atoms with Gasteiger partial charge in [-0.05, 0) is 30.7 Å². The number of methoxy groups -OCH3 is 1. The fraction of sp³-hybridized carbons (Fsp3) is 0.185. The normalized spacial score (nSPS) is 15.4. The van der Waals surface area contributed by atoms with E-state index in [1.807, 2.05) is 79.7 Å². The van der Waals surface area contributed by atoms with Crippen molar-refractivity contribution >= 4 is 29.1 Å². The maximum atomic E-state index is 13.8. The van der Waals surface area contributed by atoms with Crippen LogP contribution < -0.4 is 19.8 Å². The van der Waals surface area contributed by atoms with Crippen molar-refractivity contribution in [2.75, 3.05) is 26.1 Å². The van der Waals surface area contributed by atoms with Gasteiger partial charge >= 0.3 is 5.97 Å². The van der Waals surface area contributed by atoms with Gasteiger partial charge in [-0.25, -0.2) is 9.79 Å². The van der Waals surface area contributed by atoms with Crippen molar-refractivity contribution in [1.29, 1.82) is 0 Å². The molecule has 0 saturated carbocycles. The molecule has 0 fully saturated rings. The summed E-state index contributed by atoms with van der Waals surface area (Å²) in [6, 6.07) is 17.0. The van der Waals surface area contributed by atoms with E-state index < -0.39 is 12.0 Å². The Labute approximate surface area is 211 Å². The number of nitrogens with zero attached hydrogens (tertiary/aromatic N) is 4. The second-order valence-electron chi connectivity index (χ2n) is 8.63. The number of carbonyl (C=O) groups excluding carboxylic acids is 1. The fourth-order valence-electron chi connectivity index (χ4n) is 4.34. The highest BCUT2D eigenvalue weighted by Gasteiger charge is 2.33. The standard InChI is InChI=1S/C27H25N5O3S/c1-16-22(26(34)35-4)24(18-10-12-20(13-11-18)31(2)3)32-25(33)21(36-27(32)29-16)14-19-15-28-30-23(19)17-8-6-5-7-9-17/h5-15,24H,1-4H3,(H,28,30). The average molecular weight is 500 g/mol. The lowest BCUT2D eigenvalue weighted by atomic mass is 9.95. The molecule has 3 heterocycles. The molecule has 0 radical (unpaired) electrons. The van der Waals surface area contributed by atoms with E-state index in [-0.39, 0.29) is 5.56 Å². The first-order valence-corrected chi connectivity index (χ1v) is 12.2. The smallest absolute Gasteiger partial charge is 0.338 e. The van der Waals surface area contributed by atoms with Gasteiger partial charge in [0.25, 0.3) is 5.56 Å². The van der Waals surface area contributed by atoms with Crippen LogP contribution >= 0.6 is 11.3 Å². The number of aromatic amines is 1. The number of anilines is 1. The molecule has 2 aromatic carbocycles. The summed E-state index contributed by atoms with van der Waals surface area (Å²) in [5.74, 6) is -0.506. The summed E-state index contributed by atoms with van der Waals surface area (Å²) in [7, 11) is 5.26. The third-order valence-electron chi connectivity index (χ3n) is 6.17. The molecule has 1 atom stereocenters. The van der Waals surface area contributed by atoms with Crippen molar-refractivity contribution in [2.24, 2.45) is 4.99 Å². The maximum Gasteiger partial charge on any atom is 0.338 e. The minimum Gasteiger partial charge on any atom is -0.466 e. The van der Waals surface area contributed by atoms with Crippen LogP contribution in [0.5, 0.6) is 0 Å². The van der Waals surface area contributed by atoms with E-state index in [4.69, 9.17) is 4.74 Å². The third kappa shape index (κ3) is 4.07. The fourth-order valence-corrected chi connectivity index (χ4v) is 5.38. The second kappa shape index (κ2) is 9.43. The summed E-state index contributed by atoms with van der Waals surface area (Å²) >= 11 is 1.29. The summed E-state index contributed by atoms with van der Waals surface area (Å²) in [6.07, 6.45) is 3.52. The van der Waals surface area contributed by atoms with Crippen LogP contribution in [0.1, 0.15) is 24.1 Å². The zero-order valence-electron chi connectivity index (χ0n) is 20.4. The Morgan fingerprint density at radius 1 is 1.14 bits per heavy atom. The maximum absolute atomic E-state index is 13.8. The van der Waals surface area contributed by atoms with Crippen molar-refractivity contribution in [1.82, 2.24) is 14.8 Å². The Balaban J connectivity index is 1.69. The van der Waals surface area contributed by atoms with Gasteiger partial charge < -0.3 is 9.64 Å². The Morgan fingerprint density at radius 2 is 1.86 bits per heavy atom. The number of esters is 1. The topological polar surface area (TPSA) is 92.6 Å². The number of ether oxygens (including phenoxy) is 1. The minimum atomic E-state index is -0.648. The zero-order valence-corrected chi connectivity index (χ0v) is 21.2. The third-order valence-corrected chi connectivity index (χ3v) is 7.15. The van der Waals surface area contributed by atoms with E-state index >= 15 is 0 Å². The predicted octanol–water partition coefficient (Wildman–Crippen LogP) is 2.86. The summed E-state index contributed by atoms with van der Waals surface area (Å²) < 4.78 is 7.18. The van der Waals surface area contributed by atoms with Gasteiger partial charge in [-0.1, -0.05) is 53.8 Å². The highest BCUT2D eigenvalue weighted by atomic mass is 32.1. The van der Waals surface area contributed by atoms with Crippen molar-refractivity contribution in [3.05, 3.63) is 103 Å². The number of allylic oxidation sites excluding steroid dienone is 1. The molecule has 1 aliphatic heterocycles. The van der Waals surface area contributed by atoms with Gasteiger partial charge in [0.05, 0.1) is 40.8 Å². The first kappa shape index (κ1) is 23.5. The number of rotatable bonds is 5. The molecule has 182 valence electrons. The van der Waals surface area contributed by atoms with Gasteiger partial charge in [0.15, 0.2) is 4.80 Å². The van der Waals surface area contributed by atoms with E-state index in [1.165, 1.54) is 18.4 Å². The van der Waals surface area contributed by atoms with Crippen molar-refractivity contribution in [2.45, 2.75) is 13.0 Å². The molecule has 1 aliphatic rings. The van der Waals surface area contributed by atoms with Gasteiger partial charge in [0, 0.05) is 30.9 Å². The average Bonchev–Trinajstić information content (AvgIpc) is 3.47. The Bertz CT molecular complexity index is 1640. The lowest BCUT2D eigenvalue weighted by molar-refractivity contribution is -0.136. The lowest BCUT2D eigenvalue weighted by Crippen LogP contribution is -2.39. The number of hydrogen-bond acceptors (Lipinski definition) is 7. The van der Waals surface area contributed by atoms with Crippen molar-refractivity contribution < 1.29 is 9.53 Å². The molecule has 8 nitrogen and oxygen atoms in total. The molecule has 4 aromatic rings. The van der Waals surface area contributed by atoms with E-state index in [9.17, 15) is 9.59 Å². The lowest BCUT2D eigenvalue weighted by Gasteiger charge is -2.25. The van der Waals surface area contributed by atoms with Gasteiger partial charge in [-0.2, -0.15) is 5.10 Å². The number of hydrogen-bond donors (Lipinski definition) is 1. The molecule has 9 heteroatoms. The molecule has 2 aromatic heterocycles. The quantitative estimate of drug-likeness (QED) is 0.427. The van der Waals surface area contributed by atoms with E-state index in [1.54, 1.807) is 17.7 Å². The van der Waals surface area contributed by atoms with Crippen LogP contribution in [-0.2, 0) is 9.53 Å². The zero-order chi connectivity index (χ0) is 25.4. The number of carbonyl (C=O) groups is 1. The summed E-state index contributed by atoms with van der Waals surface area (Å²) in [5, 5.41) is 7.22. The summed E-state index contributed by atoms with van der Waals surface area (Å²) in [5.41, 5.74) is 5.06. The SMILES string of the molecule is COC(=O)C1=C(C)N=c2sc(=Cc3cn[nH]c3-c3ccccc3)c(=O)n2C1c1ccc(N(C)C)cc1. The molecule has 0 bridgehead atoms. The first-order valence-electron chi connectivity index (χ1n) is 11.4. The number of H-pyrrole nitrogens is 1. The summed E-state index contributed by atoms with van der Waals surface area (Å²) in [6.45, 7) is 1.77. The molecule has 0 aliphatic carbocycles. The van der Waals surface area contributed by atoms with Crippen LogP contribution in [0.3, 0.4) is 0 Å². The molecule has 0 amide bonds. The summed E-state index contributed by atoms with van der Waals surface area (Å²) in [4.78, 5) is 33.8. The number of aromatic nitrogens is 3. The Kier molecular flexibility index (Phi) is 6.15. The molecule has 1 N–H and O–H groups in total. The number of nitrogens with one attached hydrogen (secondary N) is 1. The van der Waals surface area contributed by atoms with Crippen LogP contribution in [0, 0.1) is 0 Å². The van der Waals surface area contributed by atoms with E-state index in [0.717, 1.165) is 28.1 Å². The number of fused-ring (bicyclic) bond motifs is 1. The van der Waals surface area contributed by atoms with Crippen LogP contribution in [-0.4, -0.2) is 41.9 Å². The van der Waals surface area contributed by atoms with Crippen molar-refractivity contribution in [3.63, 3.8) is 0 Å². The number of benzene rings is 2. The van der Waals surface area contributed by atoms with E-state index in [0.29, 0.717) is 20.6 Å². The monoisotopic (exact) mass is 499 g/mol. The van der Waals surface area contributed by atoms with Crippen LogP contribution in [0.4, 0.5) is 5.69 Å². The van der Waals surface area contributed by atoms with Gasteiger partial charge in [-0.3, -0.25) is 14.5 Å². The second-order valence-corrected chi connectivity index (χ2v) is 9.63. The van der Waals surface area contributed by atoms with Gasteiger partial charge in [-0.15, -0.1) is 0 Å². The Hall–Kier alpha value is -4.24. The molecule has 5 rings (SSSR count). The first-order chi connectivity index (χ1) is 17.4. The van der Waals surface area contributed by atoms with E-state index in [2.05, 4.69) is 15.2 Å². The highest BCUT2D eigenvalue weighted by molar-refractivity contribution is 7.07. The van der Waals surface area contributed by atoms with Crippen molar-refractivity contribution in [3.8, 4) is 11.3 Å². The van der Waals surface area contributed by atoms with Crippen LogP contribution in [0.15, 0.2) is 81.9 Å². The molecule has 1 unspecified atom stereocenters. The molecule has 0 spiro atoms. The predicted molar refractivity (Wildman–Crippen MR) is 141 cm³/mol. The van der Waals surface area contributed by atoms with Gasteiger partial charge in [0.2, 0.25) is 0 Å². The van der Waals surface area contributed by atoms with Crippen LogP contribution in [0.2, 0.25) is 0 Å². The highest BCUT2D eigenvalue weighted by Crippen LogP contribution is 2.31. The Morgan fingerprint density at radius 3 is 2.53 bits per heavy atom. The minimum absolute atomic E-state index is 0.227. The van der Waals surface area contributed by atoms with Gasteiger partial charge in [0.1, 0.15) is 0 Å². The molecule has 0 saturated heterocycles. The number of thiazole rings is 1. The largest absolute Gasteiger partial charge is 0.466 e.